The van der Waals surface area contributed by atoms with E-state index in [1.54, 1.807) is 24.3 Å². The van der Waals surface area contributed by atoms with Gasteiger partial charge in [-0.05, 0) is 66.9 Å². The van der Waals surface area contributed by atoms with E-state index in [1.807, 2.05) is 54.6 Å². The third-order valence-electron chi connectivity index (χ3n) is 5.80. The standard InChI is InChI=1S/C29H33ClN8O2/c30-24-12-8-21(9-13-24)18-34-27-36-28(38-29(37-27)40-19-22-6-2-1-3-7-22)35-25-14-10-23(11-15-25)26(39)33-17-5-4-16-32-20-31/h1-3,6-15,32H,4-5,16-20,31H2,(H,33,39)(H2,34,35,36,37,38). The maximum Gasteiger partial charge on any atom is 0.323 e. The lowest BCUT2D eigenvalue weighted by molar-refractivity contribution is 0.0953. The molecule has 0 saturated carbocycles. The molecule has 1 aromatic heterocycles. The number of rotatable bonds is 15. The van der Waals surface area contributed by atoms with Crippen LogP contribution in [0.4, 0.5) is 17.6 Å². The van der Waals surface area contributed by atoms with E-state index < -0.39 is 0 Å². The number of carbonyl (C=O) groups excluding carboxylic acids is 1. The minimum atomic E-state index is -0.122. The molecule has 0 unspecified atom stereocenters. The Balaban J connectivity index is 1.40. The number of aromatic nitrogens is 3. The maximum atomic E-state index is 12.5. The lowest BCUT2D eigenvalue weighted by Crippen LogP contribution is -2.26. The van der Waals surface area contributed by atoms with Gasteiger partial charge in [-0.25, -0.2) is 0 Å². The van der Waals surface area contributed by atoms with Crippen LogP contribution in [0.15, 0.2) is 78.9 Å². The molecule has 40 heavy (non-hydrogen) atoms. The van der Waals surface area contributed by atoms with Gasteiger partial charge in [0, 0.05) is 36.0 Å². The second-order valence-corrected chi connectivity index (χ2v) is 9.33. The highest BCUT2D eigenvalue weighted by molar-refractivity contribution is 6.30. The van der Waals surface area contributed by atoms with E-state index >= 15 is 0 Å². The Bertz CT molecular complexity index is 1340. The van der Waals surface area contributed by atoms with Gasteiger partial charge in [-0.2, -0.15) is 15.0 Å². The van der Waals surface area contributed by atoms with Crippen LogP contribution in [0.25, 0.3) is 0 Å². The topological polar surface area (TPSA) is 139 Å². The highest BCUT2D eigenvalue weighted by Gasteiger charge is 2.10. The van der Waals surface area contributed by atoms with Gasteiger partial charge in [0.05, 0.1) is 0 Å². The minimum Gasteiger partial charge on any atom is -0.458 e. The number of ether oxygens (including phenoxy) is 1. The van der Waals surface area contributed by atoms with Crippen molar-refractivity contribution in [3.8, 4) is 6.01 Å². The van der Waals surface area contributed by atoms with Crippen molar-refractivity contribution in [1.29, 1.82) is 0 Å². The van der Waals surface area contributed by atoms with Gasteiger partial charge in [0.2, 0.25) is 11.9 Å². The van der Waals surface area contributed by atoms with Gasteiger partial charge in [-0.1, -0.05) is 54.1 Å². The van der Waals surface area contributed by atoms with E-state index in [9.17, 15) is 4.79 Å². The highest BCUT2D eigenvalue weighted by Crippen LogP contribution is 2.19. The molecule has 0 aliphatic rings. The molecule has 0 spiro atoms. The SMILES string of the molecule is NCNCCCCNC(=O)c1ccc(Nc2nc(NCc3ccc(Cl)cc3)nc(OCc3ccccc3)n2)cc1. The number of unbranched alkanes of at least 4 members (excludes halogenated alkanes) is 1. The van der Waals surface area contributed by atoms with Crippen LogP contribution < -0.4 is 31.7 Å². The number of nitrogens with one attached hydrogen (secondary N) is 4. The fourth-order valence-corrected chi connectivity index (χ4v) is 3.80. The Hall–Kier alpha value is -4.25. The zero-order valence-corrected chi connectivity index (χ0v) is 22.8. The van der Waals surface area contributed by atoms with E-state index in [0.29, 0.717) is 54.5 Å². The van der Waals surface area contributed by atoms with Gasteiger partial charge >= 0.3 is 6.01 Å². The molecule has 11 heteroatoms. The lowest BCUT2D eigenvalue weighted by Gasteiger charge is -2.12. The molecule has 6 N–H and O–H groups in total. The van der Waals surface area contributed by atoms with E-state index in [-0.39, 0.29) is 11.9 Å². The van der Waals surface area contributed by atoms with Gasteiger partial charge in [-0.3, -0.25) is 4.79 Å². The van der Waals surface area contributed by atoms with E-state index in [1.165, 1.54) is 0 Å². The molecular weight excluding hydrogens is 528 g/mol. The van der Waals surface area contributed by atoms with E-state index in [2.05, 4.69) is 36.2 Å². The van der Waals surface area contributed by atoms with Crippen LogP contribution in [-0.2, 0) is 13.2 Å². The maximum absolute atomic E-state index is 12.5. The van der Waals surface area contributed by atoms with Crippen molar-refractivity contribution < 1.29 is 9.53 Å². The number of nitrogens with two attached hydrogens (primary N) is 1. The smallest absolute Gasteiger partial charge is 0.323 e. The van der Waals surface area contributed by atoms with Gasteiger partial charge in [0.25, 0.3) is 5.91 Å². The van der Waals surface area contributed by atoms with Crippen molar-refractivity contribution in [1.82, 2.24) is 25.6 Å². The average Bonchev–Trinajstić information content (AvgIpc) is 2.98. The van der Waals surface area contributed by atoms with Crippen molar-refractivity contribution in [2.24, 2.45) is 5.73 Å². The van der Waals surface area contributed by atoms with Crippen LogP contribution in [0, 0.1) is 0 Å². The fraction of sp³-hybridized carbons (Fsp3) is 0.241. The molecule has 3 aromatic carbocycles. The van der Waals surface area contributed by atoms with Gasteiger partial charge in [0.1, 0.15) is 6.61 Å². The number of benzene rings is 3. The molecule has 1 amide bonds. The summed E-state index contributed by atoms with van der Waals surface area (Å²) in [7, 11) is 0. The monoisotopic (exact) mass is 560 g/mol. The molecular formula is C29H33ClN8O2. The zero-order valence-electron chi connectivity index (χ0n) is 22.1. The minimum absolute atomic E-state index is 0.122. The summed E-state index contributed by atoms with van der Waals surface area (Å²) < 4.78 is 5.88. The number of carbonyl (C=O) groups is 1. The van der Waals surface area contributed by atoms with Crippen LogP contribution in [0.3, 0.4) is 0 Å². The summed E-state index contributed by atoms with van der Waals surface area (Å²) in [5.74, 6) is 0.539. The second-order valence-electron chi connectivity index (χ2n) is 8.89. The number of amides is 1. The van der Waals surface area contributed by atoms with Crippen LogP contribution >= 0.6 is 11.6 Å². The summed E-state index contributed by atoms with van der Waals surface area (Å²) in [4.78, 5) is 25.8. The van der Waals surface area contributed by atoms with Gasteiger partial charge in [-0.15, -0.1) is 0 Å². The first kappa shape index (κ1) is 28.8. The van der Waals surface area contributed by atoms with Crippen molar-refractivity contribution in [3.05, 3.63) is 101 Å². The number of nitrogens with zero attached hydrogens (tertiary/aromatic N) is 3. The number of halogens is 1. The first-order chi connectivity index (χ1) is 19.6. The lowest BCUT2D eigenvalue weighted by atomic mass is 10.2. The molecule has 0 radical (unpaired) electrons. The van der Waals surface area contributed by atoms with E-state index in [4.69, 9.17) is 22.1 Å². The van der Waals surface area contributed by atoms with Crippen molar-refractivity contribution >= 4 is 35.1 Å². The summed E-state index contributed by atoms with van der Waals surface area (Å²) in [6, 6.07) is 24.6. The number of hydrogen-bond acceptors (Lipinski definition) is 9. The van der Waals surface area contributed by atoms with Crippen LogP contribution in [0.2, 0.25) is 5.02 Å². The Morgan fingerprint density at radius 3 is 2.30 bits per heavy atom. The quantitative estimate of drug-likeness (QED) is 0.105. The third kappa shape index (κ3) is 9.49. The van der Waals surface area contributed by atoms with Crippen LogP contribution in [0.1, 0.15) is 34.3 Å². The summed E-state index contributed by atoms with van der Waals surface area (Å²) in [5, 5.41) is 13.1. The van der Waals surface area contributed by atoms with Crippen LogP contribution in [-0.4, -0.2) is 40.6 Å². The normalized spacial score (nSPS) is 10.7. The molecule has 208 valence electrons. The largest absolute Gasteiger partial charge is 0.458 e. The Kier molecular flexibility index (Phi) is 11.0. The summed E-state index contributed by atoms with van der Waals surface area (Å²) in [6.45, 7) is 2.70. The van der Waals surface area contributed by atoms with E-state index in [0.717, 1.165) is 30.5 Å². The fourth-order valence-electron chi connectivity index (χ4n) is 3.68. The van der Waals surface area contributed by atoms with Crippen molar-refractivity contribution in [3.63, 3.8) is 0 Å². The second kappa shape index (κ2) is 15.4. The molecule has 0 fully saturated rings. The molecule has 0 aliphatic heterocycles. The Labute approximate surface area is 238 Å². The average molecular weight is 561 g/mol. The number of anilines is 3. The molecule has 4 rings (SSSR count). The van der Waals surface area contributed by atoms with Crippen LogP contribution in [0.5, 0.6) is 6.01 Å². The summed E-state index contributed by atoms with van der Waals surface area (Å²) in [6.07, 6.45) is 1.82. The summed E-state index contributed by atoms with van der Waals surface area (Å²) >= 11 is 6.00. The molecule has 1 heterocycles. The Morgan fingerprint density at radius 1 is 0.825 bits per heavy atom. The molecule has 0 atom stereocenters. The first-order valence-electron chi connectivity index (χ1n) is 13.1. The van der Waals surface area contributed by atoms with Gasteiger partial charge in [0.15, 0.2) is 0 Å². The third-order valence-corrected chi connectivity index (χ3v) is 6.05. The summed E-state index contributed by atoms with van der Waals surface area (Å²) in [5.41, 5.74) is 8.71. The highest BCUT2D eigenvalue weighted by atomic mass is 35.5. The molecule has 4 aromatic rings. The molecule has 0 aliphatic carbocycles. The predicted molar refractivity (Wildman–Crippen MR) is 158 cm³/mol. The van der Waals surface area contributed by atoms with Crippen molar-refractivity contribution in [2.75, 3.05) is 30.4 Å². The van der Waals surface area contributed by atoms with Crippen molar-refractivity contribution in [2.45, 2.75) is 26.0 Å². The molecule has 10 nitrogen and oxygen atoms in total. The zero-order chi connectivity index (χ0) is 28.0. The predicted octanol–water partition coefficient (Wildman–Crippen LogP) is 4.48. The number of hydrogen-bond donors (Lipinski definition) is 5. The Morgan fingerprint density at radius 2 is 1.55 bits per heavy atom. The molecule has 0 saturated heterocycles. The van der Waals surface area contributed by atoms with Gasteiger partial charge < -0.3 is 31.7 Å². The molecule has 0 bridgehead atoms. The first-order valence-corrected chi connectivity index (χ1v) is 13.4.